The number of fused-ring (bicyclic) bond motifs is 8. The predicted molar refractivity (Wildman–Crippen MR) is 141 cm³/mol. The Balaban J connectivity index is 1.66. The summed E-state index contributed by atoms with van der Waals surface area (Å²) < 4.78 is 8.21. The van der Waals surface area contributed by atoms with Gasteiger partial charge in [-0.2, -0.15) is 0 Å². The van der Waals surface area contributed by atoms with E-state index in [2.05, 4.69) is 114 Å². The SMILES string of the molecule is Cn1n[n+]2cc1Cc1cc(cc(C(C)(C)C)c1)Cc1c[n+](nn1C)Cc1cc(cc(C(C)(C)C)c1)C2. The summed E-state index contributed by atoms with van der Waals surface area (Å²) in [5.41, 5.74) is 10.5. The topological polar surface area (TPSA) is 43.4 Å². The Morgan fingerprint density at radius 2 is 0.944 bits per heavy atom. The van der Waals surface area contributed by atoms with E-state index in [1.165, 1.54) is 44.8 Å². The van der Waals surface area contributed by atoms with Crippen LogP contribution in [0.1, 0.15) is 86.3 Å². The van der Waals surface area contributed by atoms with Crippen molar-refractivity contribution in [1.29, 1.82) is 0 Å². The van der Waals surface area contributed by atoms with Crippen molar-refractivity contribution >= 4 is 0 Å². The Hall–Kier alpha value is -3.28. The molecule has 1 aliphatic heterocycles. The average molecular weight is 485 g/mol. The van der Waals surface area contributed by atoms with Crippen molar-refractivity contribution in [2.75, 3.05) is 0 Å². The molecule has 6 heteroatoms. The molecule has 0 atom stereocenters. The van der Waals surface area contributed by atoms with E-state index in [9.17, 15) is 0 Å². The van der Waals surface area contributed by atoms with Crippen molar-refractivity contribution in [3.63, 3.8) is 0 Å². The number of hydrogen-bond acceptors (Lipinski definition) is 2. The van der Waals surface area contributed by atoms with E-state index in [1.54, 1.807) is 0 Å². The Labute approximate surface area is 215 Å². The van der Waals surface area contributed by atoms with Crippen LogP contribution in [0.3, 0.4) is 0 Å². The van der Waals surface area contributed by atoms with Crippen molar-refractivity contribution in [1.82, 2.24) is 19.8 Å². The van der Waals surface area contributed by atoms with Crippen molar-refractivity contribution in [2.24, 2.45) is 14.1 Å². The van der Waals surface area contributed by atoms with Gasteiger partial charge in [-0.25, -0.2) is 0 Å². The molecule has 5 rings (SSSR count). The van der Waals surface area contributed by atoms with Crippen molar-refractivity contribution in [3.05, 3.63) is 93.6 Å². The molecular weight excluding hydrogens is 444 g/mol. The zero-order valence-electron chi connectivity index (χ0n) is 23.1. The molecule has 0 N–H and O–H groups in total. The van der Waals surface area contributed by atoms with Gasteiger partial charge in [-0.3, -0.25) is 0 Å². The lowest BCUT2D eigenvalue weighted by atomic mass is 9.84. The highest BCUT2D eigenvalue weighted by Crippen LogP contribution is 2.27. The lowest BCUT2D eigenvalue weighted by molar-refractivity contribution is -0.748. The fourth-order valence-corrected chi connectivity index (χ4v) is 5.07. The van der Waals surface area contributed by atoms with Crippen molar-refractivity contribution in [2.45, 2.75) is 78.3 Å². The van der Waals surface area contributed by atoms with E-state index >= 15 is 0 Å². The second-order valence-electron chi connectivity index (χ2n) is 12.6. The molecule has 0 saturated carbocycles. The van der Waals surface area contributed by atoms with E-state index in [4.69, 9.17) is 10.4 Å². The average Bonchev–Trinajstić information content (AvgIpc) is 3.26. The van der Waals surface area contributed by atoms with Gasteiger partial charge in [-0.1, -0.05) is 71.9 Å². The molecule has 8 bridgehead atoms. The van der Waals surface area contributed by atoms with E-state index < -0.39 is 0 Å². The Morgan fingerprint density at radius 1 is 0.583 bits per heavy atom. The summed E-state index contributed by atoms with van der Waals surface area (Å²) in [6, 6.07) is 14.1. The van der Waals surface area contributed by atoms with Gasteiger partial charge in [0.1, 0.15) is 27.2 Å². The smallest absolute Gasteiger partial charge is 0.137 e. The maximum atomic E-state index is 4.83. The molecule has 0 amide bonds. The van der Waals surface area contributed by atoms with Crippen LogP contribution in [0.25, 0.3) is 0 Å². The van der Waals surface area contributed by atoms with Crippen molar-refractivity contribution < 1.29 is 9.36 Å². The number of hydrogen-bond donors (Lipinski definition) is 0. The third kappa shape index (κ3) is 5.13. The zero-order valence-corrected chi connectivity index (χ0v) is 23.1. The van der Waals surface area contributed by atoms with Crippen LogP contribution in [0.15, 0.2) is 48.8 Å². The first-order valence-electron chi connectivity index (χ1n) is 13.0. The van der Waals surface area contributed by atoms with Gasteiger partial charge < -0.3 is 0 Å². The van der Waals surface area contributed by atoms with E-state index in [1.807, 2.05) is 9.36 Å². The summed E-state index contributed by atoms with van der Waals surface area (Å²) in [5.74, 6) is 0. The minimum Gasteiger partial charge on any atom is -0.137 e. The number of nitrogens with zero attached hydrogens (tertiary/aromatic N) is 6. The van der Waals surface area contributed by atoms with Crippen LogP contribution in [0, 0.1) is 0 Å². The van der Waals surface area contributed by atoms with Gasteiger partial charge in [-0.05, 0) is 50.3 Å². The van der Waals surface area contributed by atoms with Gasteiger partial charge in [0.05, 0.1) is 10.4 Å². The van der Waals surface area contributed by atoms with Crippen LogP contribution >= 0.6 is 0 Å². The molecule has 0 radical (unpaired) electrons. The summed E-state index contributed by atoms with van der Waals surface area (Å²) in [7, 11) is 4.11. The molecule has 2 aromatic carbocycles. The molecule has 1 aliphatic rings. The molecule has 0 aliphatic carbocycles. The van der Waals surface area contributed by atoms with Crippen LogP contribution in [0.5, 0.6) is 0 Å². The molecule has 3 heterocycles. The summed E-state index contributed by atoms with van der Waals surface area (Å²) in [6.07, 6.45) is 6.12. The molecule has 2 aromatic heterocycles. The number of aryl methyl sites for hydroxylation is 2. The van der Waals surface area contributed by atoms with E-state index in [0.29, 0.717) is 0 Å². The number of rotatable bonds is 0. The first-order valence-corrected chi connectivity index (χ1v) is 13.0. The Morgan fingerprint density at radius 3 is 1.33 bits per heavy atom. The van der Waals surface area contributed by atoms with Crippen LogP contribution < -0.4 is 9.36 Å². The Kier molecular flexibility index (Phi) is 5.89. The third-order valence-corrected chi connectivity index (χ3v) is 7.22. The molecule has 188 valence electrons. The lowest BCUT2D eigenvalue weighted by Gasteiger charge is -2.21. The minimum atomic E-state index is 0.0684. The highest BCUT2D eigenvalue weighted by molar-refractivity contribution is 5.37. The monoisotopic (exact) mass is 484 g/mol. The molecule has 0 fully saturated rings. The minimum absolute atomic E-state index is 0.0684. The fourth-order valence-electron chi connectivity index (χ4n) is 5.07. The number of aromatic nitrogens is 6. The third-order valence-electron chi connectivity index (χ3n) is 7.22. The maximum Gasteiger partial charge on any atom is 0.171 e. The van der Waals surface area contributed by atoms with E-state index in [0.717, 1.165) is 25.9 Å². The summed E-state index contributed by atoms with van der Waals surface area (Å²) in [4.78, 5) is 0. The summed E-state index contributed by atoms with van der Waals surface area (Å²) in [5, 5.41) is 9.66. The maximum absolute atomic E-state index is 4.83. The van der Waals surface area contributed by atoms with Gasteiger partial charge in [0.2, 0.25) is 0 Å². The second kappa shape index (κ2) is 8.68. The van der Waals surface area contributed by atoms with Gasteiger partial charge in [-0.15, -0.1) is 18.7 Å². The van der Waals surface area contributed by atoms with Crippen LogP contribution in [-0.2, 0) is 50.9 Å². The molecule has 36 heavy (non-hydrogen) atoms. The molecular formula is C30H40N6+2. The standard InChI is InChI=1S/C30H40N6/c1-29(2,3)25-11-21-9-22(12-25)16-28-20-36(32-34(28)8)18-24-10-23(13-26(14-24)30(4,5)6)17-35-19-27(15-21)33(7)31-35/h9-14,19-20H,15-18H2,1-8H3/q+2. The fraction of sp³-hybridized carbons (Fsp3) is 0.467. The number of benzene rings is 2. The Bertz CT molecular complexity index is 1340. The second-order valence-corrected chi connectivity index (χ2v) is 12.6. The first kappa shape index (κ1) is 24.4. The van der Waals surface area contributed by atoms with Crippen molar-refractivity contribution in [3.8, 4) is 0 Å². The lowest BCUT2D eigenvalue weighted by Crippen LogP contribution is -2.38. The van der Waals surface area contributed by atoms with Gasteiger partial charge in [0, 0.05) is 12.8 Å². The quantitative estimate of drug-likeness (QED) is 0.313. The normalized spacial score (nSPS) is 14.2. The summed E-state index contributed by atoms with van der Waals surface area (Å²) in [6.45, 7) is 15.2. The van der Waals surface area contributed by atoms with E-state index in [-0.39, 0.29) is 10.8 Å². The highest BCUT2D eigenvalue weighted by Gasteiger charge is 2.22. The predicted octanol–water partition coefficient (Wildman–Crippen LogP) is 3.92. The van der Waals surface area contributed by atoms with Gasteiger partial charge in [0.25, 0.3) is 0 Å². The molecule has 0 saturated heterocycles. The largest absolute Gasteiger partial charge is 0.171 e. The summed E-state index contributed by atoms with van der Waals surface area (Å²) >= 11 is 0. The van der Waals surface area contributed by atoms with Crippen LogP contribution in [0.2, 0.25) is 0 Å². The van der Waals surface area contributed by atoms with Gasteiger partial charge in [0.15, 0.2) is 23.8 Å². The van der Waals surface area contributed by atoms with Crippen LogP contribution in [-0.4, -0.2) is 19.8 Å². The molecule has 0 spiro atoms. The van der Waals surface area contributed by atoms with Crippen LogP contribution in [0.4, 0.5) is 0 Å². The molecule has 0 unspecified atom stereocenters. The first-order chi connectivity index (χ1) is 16.8. The molecule has 4 aromatic rings. The highest BCUT2D eigenvalue weighted by atomic mass is 15.5. The van der Waals surface area contributed by atoms with Gasteiger partial charge >= 0.3 is 0 Å². The molecule has 6 nitrogen and oxygen atoms in total. The zero-order chi connectivity index (χ0) is 25.8.